The van der Waals surface area contributed by atoms with Crippen LogP contribution in [0.4, 0.5) is 21.0 Å². The Kier molecular flexibility index (Phi) is 4.03. The van der Waals surface area contributed by atoms with Crippen LogP contribution in [0.3, 0.4) is 0 Å². The Morgan fingerprint density at radius 1 is 0.773 bits per heavy atom. The Morgan fingerprint density at radius 3 is 1.45 bits per heavy atom. The molecule has 2 aromatic rings. The predicted molar refractivity (Wildman–Crippen MR) is 78.0 cm³/mol. The SMILES string of the molecule is Nc1ccc(-c2ccc(N)c(OC(=O)O)c2)cc1OC(=O)O. The molecule has 2 aromatic carbocycles. The Morgan fingerprint density at radius 2 is 1.14 bits per heavy atom. The third kappa shape index (κ3) is 3.37. The van der Waals surface area contributed by atoms with Crippen molar-refractivity contribution in [3.05, 3.63) is 36.4 Å². The first kappa shape index (κ1) is 15.0. The lowest BCUT2D eigenvalue weighted by atomic mass is 10.0. The number of carboxylic acid groups (broad SMARTS) is 2. The molecule has 114 valence electrons. The van der Waals surface area contributed by atoms with E-state index in [0.29, 0.717) is 11.1 Å². The molecule has 0 aliphatic carbocycles. The summed E-state index contributed by atoms with van der Waals surface area (Å²) in [7, 11) is 0. The van der Waals surface area contributed by atoms with Crippen LogP contribution < -0.4 is 20.9 Å². The molecular formula is C14H12N2O6. The van der Waals surface area contributed by atoms with E-state index in [0.717, 1.165) is 0 Å². The van der Waals surface area contributed by atoms with Gasteiger partial charge in [-0.3, -0.25) is 0 Å². The van der Waals surface area contributed by atoms with E-state index in [2.05, 4.69) is 9.47 Å². The highest BCUT2D eigenvalue weighted by molar-refractivity contribution is 5.76. The van der Waals surface area contributed by atoms with Gasteiger partial charge >= 0.3 is 12.3 Å². The maximum Gasteiger partial charge on any atom is 0.511 e. The molecule has 0 spiro atoms. The monoisotopic (exact) mass is 304 g/mol. The van der Waals surface area contributed by atoms with Crippen LogP contribution in [-0.4, -0.2) is 22.5 Å². The summed E-state index contributed by atoms with van der Waals surface area (Å²) in [6, 6.07) is 9.03. The maximum absolute atomic E-state index is 10.6. The summed E-state index contributed by atoms with van der Waals surface area (Å²) in [5, 5.41) is 17.3. The van der Waals surface area contributed by atoms with Crippen LogP contribution in [0.15, 0.2) is 36.4 Å². The molecule has 0 atom stereocenters. The minimum Gasteiger partial charge on any atom is -0.449 e. The summed E-state index contributed by atoms with van der Waals surface area (Å²) in [6.45, 7) is 0. The van der Waals surface area contributed by atoms with Gasteiger partial charge in [-0.1, -0.05) is 12.1 Å². The Bertz CT molecular complexity index is 681. The first-order valence-corrected chi connectivity index (χ1v) is 5.98. The second kappa shape index (κ2) is 5.92. The van der Waals surface area contributed by atoms with E-state index in [1.807, 2.05) is 0 Å². The topological polar surface area (TPSA) is 145 Å². The van der Waals surface area contributed by atoms with Crippen LogP contribution in [0.2, 0.25) is 0 Å². The average molecular weight is 304 g/mol. The van der Waals surface area contributed by atoms with E-state index >= 15 is 0 Å². The van der Waals surface area contributed by atoms with Gasteiger partial charge in [0.1, 0.15) is 0 Å². The van der Waals surface area contributed by atoms with Crippen molar-refractivity contribution in [3.8, 4) is 22.6 Å². The lowest BCUT2D eigenvalue weighted by molar-refractivity contribution is 0.143. The van der Waals surface area contributed by atoms with Crippen LogP contribution in [0.1, 0.15) is 0 Å². The van der Waals surface area contributed by atoms with Gasteiger partial charge in [0, 0.05) is 0 Å². The molecule has 8 nitrogen and oxygen atoms in total. The number of anilines is 2. The molecule has 0 aromatic heterocycles. The number of hydrogen-bond acceptors (Lipinski definition) is 6. The molecule has 0 amide bonds. The molecule has 2 rings (SSSR count). The van der Waals surface area contributed by atoms with E-state index < -0.39 is 12.3 Å². The predicted octanol–water partition coefficient (Wildman–Crippen LogP) is 2.63. The number of carbonyl (C=O) groups is 2. The van der Waals surface area contributed by atoms with E-state index in [1.54, 1.807) is 12.1 Å². The van der Waals surface area contributed by atoms with Gasteiger partial charge in [0.05, 0.1) is 11.4 Å². The van der Waals surface area contributed by atoms with Gasteiger partial charge in [0.2, 0.25) is 0 Å². The molecule has 0 aliphatic rings. The minimum absolute atomic E-state index is 0.0254. The van der Waals surface area contributed by atoms with Crippen LogP contribution in [0.5, 0.6) is 11.5 Å². The van der Waals surface area contributed by atoms with E-state index in [-0.39, 0.29) is 22.9 Å². The van der Waals surface area contributed by atoms with Crippen LogP contribution in [0, 0.1) is 0 Å². The van der Waals surface area contributed by atoms with Gasteiger partial charge in [-0.2, -0.15) is 0 Å². The van der Waals surface area contributed by atoms with Crippen LogP contribution in [-0.2, 0) is 0 Å². The summed E-state index contributed by atoms with van der Waals surface area (Å²) in [5.41, 5.74) is 12.7. The third-order valence-electron chi connectivity index (χ3n) is 2.75. The van der Waals surface area contributed by atoms with Crippen molar-refractivity contribution in [2.24, 2.45) is 0 Å². The molecule has 0 saturated carbocycles. The number of hydrogen-bond donors (Lipinski definition) is 4. The van der Waals surface area contributed by atoms with Crippen molar-refractivity contribution < 1.29 is 29.3 Å². The maximum atomic E-state index is 10.6. The summed E-state index contributed by atoms with van der Waals surface area (Å²) in [6.07, 6.45) is -2.98. The fourth-order valence-corrected chi connectivity index (χ4v) is 1.79. The van der Waals surface area contributed by atoms with Crippen LogP contribution >= 0.6 is 0 Å². The smallest absolute Gasteiger partial charge is 0.449 e. The number of benzene rings is 2. The fraction of sp³-hybridized carbons (Fsp3) is 0. The van der Waals surface area contributed by atoms with Gasteiger partial charge in [0.25, 0.3) is 0 Å². The number of nitrogens with two attached hydrogens (primary N) is 2. The second-order valence-electron chi connectivity index (χ2n) is 4.24. The highest BCUT2D eigenvalue weighted by Crippen LogP contribution is 2.33. The molecule has 0 unspecified atom stereocenters. The first-order chi connectivity index (χ1) is 10.4. The quantitative estimate of drug-likeness (QED) is 0.384. The fourth-order valence-electron chi connectivity index (χ4n) is 1.79. The van der Waals surface area contributed by atoms with Gasteiger partial charge in [-0.15, -0.1) is 0 Å². The molecule has 0 saturated heterocycles. The largest absolute Gasteiger partial charge is 0.511 e. The molecule has 6 N–H and O–H groups in total. The summed E-state index contributed by atoms with van der Waals surface area (Å²) in [5.74, 6) is -0.0509. The highest BCUT2D eigenvalue weighted by atomic mass is 16.7. The van der Waals surface area contributed by atoms with E-state index in [4.69, 9.17) is 21.7 Å². The Balaban J connectivity index is 2.43. The van der Waals surface area contributed by atoms with Crippen molar-refractivity contribution in [2.75, 3.05) is 11.5 Å². The van der Waals surface area contributed by atoms with Crippen molar-refractivity contribution in [2.45, 2.75) is 0 Å². The van der Waals surface area contributed by atoms with Gasteiger partial charge in [-0.25, -0.2) is 9.59 Å². The zero-order valence-corrected chi connectivity index (χ0v) is 11.1. The van der Waals surface area contributed by atoms with Gasteiger partial charge in [-0.05, 0) is 35.4 Å². The van der Waals surface area contributed by atoms with Gasteiger partial charge < -0.3 is 31.2 Å². The Labute approximate surface area is 124 Å². The summed E-state index contributed by atoms with van der Waals surface area (Å²) >= 11 is 0. The standard InChI is InChI=1S/C14H12N2O6/c15-9-3-1-7(5-11(9)21-13(17)18)8-2-4-10(16)12(6-8)22-14(19)20/h1-6H,15-16H2,(H,17,18)(H,19,20). The highest BCUT2D eigenvalue weighted by Gasteiger charge is 2.11. The minimum atomic E-state index is -1.49. The molecule has 0 aliphatic heterocycles. The number of nitrogen functional groups attached to an aromatic ring is 2. The molecular weight excluding hydrogens is 292 g/mol. The summed E-state index contributed by atoms with van der Waals surface area (Å²) in [4.78, 5) is 21.2. The van der Waals surface area contributed by atoms with Crippen molar-refractivity contribution >= 4 is 23.7 Å². The molecule has 22 heavy (non-hydrogen) atoms. The molecule has 0 bridgehead atoms. The number of rotatable bonds is 3. The molecule has 8 heteroatoms. The lowest BCUT2D eigenvalue weighted by Gasteiger charge is -2.10. The van der Waals surface area contributed by atoms with Crippen molar-refractivity contribution in [3.63, 3.8) is 0 Å². The van der Waals surface area contributed by atoms with Crippen LogP contribution in [0.25, 0.3) is 11.1 Å². The zero-order chi connectivity index (χ0) is 16.3. The summed E-state index contributed by atoms with van der Waals surface area (Å²) < 4.78 is 9.13. The van der Waals surface area contributed by atoms with E-state index in [1.165, 1.54) is 24.3 Å². The third-order valence-corrected chi connectivity index (χ3v) is 2.75. The average Bonchev–Trinajstić information content (AvgIpc) is 2.43. The zero-order valence-electron chi connectivity index (χ0n) is 11.1. The van der Waals surface area contributed by atoms with Gasteiger partial charge in [0.15, 0.2) is 11.5 Å². The number of ether oxygens (including phenoxy) is 2. The van der Waals surface area contributed by atoms with Crippen molar-refractivity contribution in [1.82, 2.24) is 0 Å². The van der Waals surface area contributed by atoms with E-state index in [9.17, 15) is 9.59 Å². The molecule has 0 radical (unpaired) electrons. The molecule has 0 heterocycles. The molecule has 0 fully saturated rings. The first-order valence-electron chi connectivity index (χ1n) is 5.98. The lowest BCUT2D eigenvalue weighted by Crippen LogP contribution is -2.06. The van der Waals surface area contributed by atoms with Crippen molar-refractivity contribution in [1.29, 1.82) is 0 Å². The Hall–Kier alpha value is -3.42. The normalized spacial score (nSPS) is 10.0. The second-order valence-corrected chi connectivity index (χ2v) is 4.24.